The second-order valence-electron chi connectivity index (χ2n) is 6.48. The Labute approximate surface area is 157 Å². The van der Waals surface area contributed by atoms with Crippen LogP contribution >= 0.6 is 0 Å². The predicted octanol–water partition coefficient (Wildman–Crippen LogP) is 0.0913. The Kier molecular flexibility index (Phi) is 7.25. The maximum atomic E-state index is 12.3. The number of benzene rings is 2. The van der Waals surface area contributed by atoms with E-state index in [0.29, 0.717) is 13.1 Å². The lowest BCUT2D eigenvalue weighted by molar-refractivity contribution is -0.00000759. The number of hydrogen-bond acceptors (Lipinski definition) is 3. The zero-order chi connectivity index (χ0) is 17.0. The molecule has 1 aliphatic heterocycles. The molecule has 138 valence electrons. The number of hydrogen-bond donors (Lipinski definition) is 0. The molecule has 0 amide bonds. The lowest BCUT2D eigenvalue weighted by Crippen LogP contribution is -3.00. The number of halogens is 1. The first-order valence-corrected chi connectivity index (χ1v) is 10.4. The zero-order valence-corrected chi connectivity index (χ0v) is 16.3. The van der Waals surface area contributed by atoms with Crippen molar-refractivity contribution >= 4 is 20.8 Å². The van der Waals surface area contributed by atoms with Gasteiger partial charge in [0.1, 0.15) is 0 Å². The molecule has 1 saturated heterocycles. The Morgan fingerprint density at radius 1 is 0.960 bits per heavy atom. The molecule has 3 rings (SSSR count). The monoisotopic (exact) mass is 381 g/mol. The van der Waals surface area contributed by atoms with Crippen LogP contribution in [-0.2, 0) is 16.6 Å². The molecule has 4 nitrogen and oxygen atoms in total. The molecular weight excluding hydrogens is 356 g/mol. The normalized spacial score (nSPS) is 16.7. The quantitative estimate of drug-likeness (QED) is 0.712. The van der Waals surface area contributed by atoms with Crippen LogP contribution < -0.4 is 12.4 Å². The van der Waals surface area contributed by atoms with Crippen molar-refractivity contribution < 1.29 is 20.8 Å². The van der Waals surface area contributed by atoms with E-state index < -0.39 is 10.0 Å². The third kappa shape index (κ3) is 4.94. The van der Waals surface area contributed by atoms with Crippen molar-refractivity contribution in [2.24, 2.45) is 0 Å². The fourth-order valence-electron chi connectivity index (χ4n) is 3.29. The van der Waals surface area contributed by atoms with Crippen LogP contribution in [0.2, 0.25) is 0 Å². The minimum Gasteiger partial charge on any atom is -1.00 e. The number of piperazine rings is 1. The smallest absolute Gasteiger partial charge is 0.214 e. The average molecular weight is 382 g/mol. The highest BCUT2D eigenvalue weighted by atomic mass is 35.5. The van der Waals surface area contributed by atoms with Gasteiger partial charge < -0.3 is 12.4 Å². The Morgan fingerprint density at radius 3 is 2.36 bits per heavy atom. The summed E-state index contributed by atoms with van der Waals surface area (Å²) in [7, 11) is -3.07. The van der Waals surface area contributed by atoms with Gasteiger partial charge in [-0.25, -0.2) is 8.42 Å². The maximum absolute atomic E-state index is 12.3. The first kappa shape index (κ1) is 20.2. The summed E-state index contributed by atoms with van der Waals surface area (Å²) in [6.45, 7) is 5.72. The lowest BCUT2D eigenvalue weighted by atomic mass is 10.0. The van der Waals surface area contributed by atoms with Crippen LogP contribution in [0.25, 0.3) is 10.8 Å². The van der Waals surface area contributed by atoms with Crippen molar-refractivity contribution in [1.29, 1.82) is 0 Å². The molecule has 0 atom stereocenters. The van der Waals surface area contributed by atoms with E-state index in [4.69, 9.17) is 0 Å². The van der Waals surface area contributed by atoms with Gasteiger partial charge in [-0.15, -0.1) is 0 Å². The first-order chi connectivity index (χ1) is 11.6. The SMILES string of the molecule is CCCCS(=O)(=O)N1CCN(Cc2cccc3ccccc23)CC1.[Cl-]. The third-order valence-electron chi connectivity index (χ3n) is 4.75. The number of sulfonamides is 1. The second kappa shape index (κ2) is 8.99. The van der Waals surface area contributed by atoms with Crippen molar-refractivity contribution in [1.82, 2.24) is 9.21 Å². The Morgan fingerprint density at radius 2 is 1.64 bits per heavy atom. The van der Waals surface area contributed by atoms with Gasteiger partial charge in [-0.1, -0.05) is 55.8 Å². The van der Waals surface area contributed by atoms with E-state index in [1.165, 1.54) is 16.3 Å². The van der Waals surface area contributed by atoms with Crippen LogP contribution in [0.5, 0.6) is 0 Å². The number of rotatable bonds is 6. The van der Waals surface area contributed by atoms with Crippen molar-refractivity contribution in [3.05, 3.63) is 48.0 Å². The molecule has 0 aliphatic carbocycles. The molecule has 1 heterocycles. The Balaban J connectivity index is 0.00000225. The summed E-state index contributed by atoms with van der Waals surface area (Å²) in [6, 6.07) is 14.8. The fraction of sp³-hybridized carbons (Fsp3) is 0.474. The topological polar surface area (TPSA) is 40.6 Å². The van der Waals surface area contributed by atoms with Crippen LogP contribution in [0.1, 0.15) is 25.3 Å². The standard InChI is InChI=1S/C19H26N2O2S.ClH/c1-2-3-15-24(22,23)21-13-11-20(12-14-21)16-18-9-6-8-17-7-4-5-10-19(17)18;/h4-10H,2-3,11-16H2,1H3;1H/p-1. The van der Waals surface area contributed by atoms with Crippen molar-refractivity contribution in [3.63, 3.8) is 0 Å². The molecule has 1 aliphatic rings. The van der Waals surface area contributed by atoms with Crippen molar-refractivity contribution in [2.45, 2.75) is 26.3 Å². The Hall–Kier alpha value is -1.14. The number of unbranched alkanes of at least 4 members (excludes halogenated alkanes) is 1. The van der Waals surface area contributed by atoms with E-state index in [9.17, 15) is 8.42 Å². The summed E-state index contributed by atoms with van der Waals surface area (Å²) in [5, 5.41) is 2.55. The van der Waals surface area contributed by atoms with E-state index >= 15 is 0 Å². The van der Waals surface area contributed by atoms with Gasteiger partial charge in [0, 0.05) is 32.7 Å². The lowest BCUT2D eigenvalue weighted by Gasteiger charge is -2.34. The first-order valence-electron chi connectivity index (χ1n) is 8.77. The van der Waals surface area contributed by atoms with Gasteiger partial charge in [-0.2, -0.15) is 4.31 Å². The minimum atomic E-state index is -3.07. The molecule has 0 spiro atoms. The molecule has 0 aromatic heterocycles. The van der Waals surface area contributed by atoms with Gasteiger partial charge in [0.05, 0.1) is 5.75 Å². The van der Waals surface area contributed by atoms with Crippen LogP contribution in [0.4, 0.5) is 0 Å². The molecule has 2 aromatic rings. The van der Waals surface area contributed by atoms with E-state index in [-0.39, 0.29) is 18.2 Å². The van der Waals surface area contributed by atoms with Gasteiger partial charge in [0.25, 0.3) is 0 Å². The highest BCUT2D eigenvalue weighted by molar-refractivity contribution is 7.89. The van der Waals surface area contributed by atoms with E-state index in [0.717, 1.165) is 32.5 Å². The maximum Gasteiger partial charge on any atom is 0.214 e. The van der Waals surface area contributed by atoms with E-state index in [2.05, 4.69) is 47.4 Å². The summed E-state index contributed by atoms with van der Waals surface area (Å²) in [6.07, 6.45) is 1.67. The van der Waals surface area contributed by atoms with Crippen molar-refractivity contribution in [2.75, 3.05) is 31.9 Å². The summed E-state index contributed by atoms with van der Waals surface area (Å²) >= 11 is 0. The van der Waals surface area contributed by atoms with Crippen LogP contribution in [-0.4, -0.2) is 49.6 Å². The second-order valence-corrected chi connectivity index (χ2v) is 8.57. The summed E-state index contributed by atoms with van der Waals surface area (Å²) in [5.41, 5.74) is 1.32. The molecule has 1 fully saturated rings. The predicted molar refractivity (Wildman–Crippen MR) is 99.5 cm³/mol. The molecule has 6 heteroatoms. The number of fused-ring (bicyclic) bond motifs is 1. The average Bonchev–Trinajstić information content (AvgIpc) is 2.61. The molecule has 0 radical (unpaired) electrons. The molecule has 0 N–H and O–H groups in total. The third-order valence-corrected chi connectivity index (χ3v) is 6.71. The van der Waals surface area contributed by atoms with E-state index in [1.807, 2.05) is 6.92 Å². The highest BCUT2D eigenvalue weighted by Crippen LogP contribution is 2.21. The van der Waals surface area contributed by atoms with Gasteiger partial charge >= 0.3 is 0 Å². The largest absolute Gasteiger partial charge is 1.00 e. The summed E-state index contributed by atoms with van der Waals surface area (Å²) in [5.74, 6) is 0.285. The summed E-state index contributed by atoms with van der Waals surface area (Å²) < 4.78 is 26.3. The highest BCUT2D eigenvalue weighted by Gasteiger charge is 2.26. The molecule has 0 saturated carbocycles. The zero-order valence-electron chi connectivity index (χ0n) is 14.7. The van der Waals surface area contributed by atoms with Gasteiger partial charge in [-0.3, -0.25) is 4.90 Å². The summed E-state index contributed by atoms with van der Waals surface area (Å²) in [4.78, 5) is 2.35. The van der Waals surface area contributed by atoms with E-state index in [1.54, 1.807) is 4.31 Å². The van der Waals surface area contributed by atoms with Gasteiger partial charge in [0.2, 0.25) is 10.0 Å². The molecule has 2 aromatic carbocycles. The molecule has 0 unspecified atom stereocenters. The van der Waals surface area contributed by atoms with Gasteiger partial charge in [-0.05, 0) is 22.8 Å². The number of nitrogens with zero attached hydrogens (tertiary/aromatic N) is 2. The Bertz CT molecular complexity index is 782. The van der Waals surface area contributed by atoms with Crippen LogP contribution in [0.15, 0.2) is 42.5 Å². The van der Waals surface area contributed by atoms with Gasteiger partial charge in [0.15, 0.2) is 0 Å². The van der Waals surface area contributed by atoms with Crippen LogP contribution in [0, 0.1) is 0 Å². The minimum absolute atomic E-state index is 0. The van der Waals surface area contributed by atoms with Crippen LogP contribution in [0.3, 0.4) is 0 Å². The molecular formula is C19H26ClN2O2S-. The molecule has 0 bridgehead atoms. The fourth-order valence-corrected chi connectivity index (χ4v) is 4.92. The van der Waals surface area contributed by atoms with Crippen molar-refractivity contribution in [3.8, 4) is 0 Å². The molecule has 25 heavy (non-hydrogen) atoms.